The highest BCUT2D eigenvalue weighted by atomic mass is 35.7. The molecule has 4 nitrogen and oxygen atoms in total. The van der Waals surface area contributed by atoms with E-state index in [9.17, 15) is 8.42 Å². The van der Waals surface area contributed by atoms with Crippen molar-refractivity contribution >= 4 is 19.7 Å². The highest BCUT2D eigenvalue weighted by molar-refractivity contribution is 8.13. The van der Waals surface area contributed by atoms with Gasteiger partial charge in [0.05, 0.1) is 5.56 Å². The van der Waals surface area contributed by atoms with Crippen molar-refractivity contribution in [1.29, 1.82) is 5.26 Å². The summed E-state index contributed by atoms with van der Waals surface area (Å²) >= 11 is 0. The maximum atomic E-state index is 10.9. The minimum absolute atomic E-state index is 0.0463. The number of nitriles is 1. The lowest BCUT2D eigenvalue weighted by molar-refractivity contribution is 0.609. The van der Waals surface area contributed by atoms with Crippen LogP contribution in [0, 0.1) is 18.3 Å². The van der Waals surface area contributed by atoms with Crippen LogP contribution in [-0.2, 0) is 9.05 Å². The molecular formula is C7H5ClN2O2S. The van der Waals surface area contributed by atoms with Crippen molar-refractivity contribution in [1.82, 2.24) is 4.98 Å². The standard InChI is InChI=1S/C7H5ClN2O2S/c1-5-3-10-4-7(6(5)2-9)13(8,11)12/h3-4H,1H3. The average molecular weight is 217 g/mol. The summed E-state index contributed by atoms with van der Waals surface area (Å²) in [6, 6.07) is 1.77. The minimum Gasteiger partial charge on any atom is -0.263 e. The van der Waals surface area contributed by atoms with Crippen LogP contribution in [0.5, 0.6) is 0 Å². The molecule has 0 radical (unpaired) electrons. The predicted molar refractivity (Wildman–Crippen MR) is 46.7 cm³/mol. The monoisotopic (exact) mass is 216 g/mol. The predicted octanol–water partition coefficient (Wildman–Crippen LogP) is 1.19. The number of hydrogen-bond donors (Lipinski definition) is 0. The number of halogens is 1. The van der Waals surface area contributed by atoms with Gasteiger partial charge in [0.15, 0.2) is 0 Å². The molecule has 13 heavy (non-hydrogen) atoms. The Hall–Kier alpha value is -1.12. The summed E-state index contributed by atoms with van der Waals surface area (Å²) in [6.45, 7) is 1.59. The molecule has 0 spiro atoms. The summed E-state index contributed by atoms with van der Waals surface area (Å²) in [5, 5.41) is 8.66. The van der Waals surface area contributed by atoms with Gasteiger partial charge in [-0.3, -0.25) is 4.98 Å². The Labute approximate surface area is 80.2 Å². The van der Waals surface area contributed by atoms with Crippen LogP contribution < -0.4 is 0 Å². The van der Waals surface area contributed by atoms with Gasteiger partial charge in [-0.05, 0) is 12.5 Å². The van der Waals surface area contributed by atoms with Gasteiger partial charge in [-0.1, -0.05) is 0 Å². The molecule has 0 N–H and O–H groups in total. The van der Waals surface area contributed by atoms with Crippen LogP contribution in [0.3, 0.4) is 0 Å². The van der Waals surface area contributed by atoms with Gasteiger partial charge >= 0.3 is 0 Å². The molecule has 0 aliphatic rings. The lowest BCUT2D eigenvalue weighted by Crippen LogP contribution is -1.98. The molecule has 0 saturated heterocycles. The van der Waals surface area contributed by atoms with Gasteiger partial charge in [0.1, 0.15) is 11.0 Å². The number of rotatable bonds is 1. The van der Waals surface area contributed by atoms with E-state index in [0.717, 1.165) is 6.20 Å². The summed E-state index contributed by atoms with van der Waals surface area (Å²) in [6.07, 6.45) is 2.47. The van der Waals surface area contributed by atoms with E-state index < -0.39 is 9.05 Å². The molecule has 6 heteroatoms. The second kappa shape index (κ2) is 3.32. The number of aromatic nitrogens is 1. The molecule has 0 amide bonds. The molecule has 0 fully saturated rings. The molecule has 0 aliphatic heterocycles. The Balaban J connectivity index is 3.59. The van der Waals surface area contributed by atoms with Crippen LogP contribution in [-0.4, -0.2) is 13.4 Å². The van der Waals surface area contributed by atoms with Crippen molar-refractivity contribution in [2.24, 2.45) is 0 Å². The van der Waals surface area contributed by atoms with Crippen molar-refractivity contribution < 1.29 is 8.42 Å². The third-order valence-corrected chi connectivity index (χ3v) is 2.81. The van der Waals surface area contributed by atoms with Crippen molar-refractivity contribution in [3.8, 4) is 6.07 Å². The van der Waals surface area contributed by atoms with Crippen LogP contribution in [0.25, 0.3) is 0 Å². The van der Waals surface area contributed by atoms with Gasteiger partial charge in [0.25, 0.3) is 9.05 Å². The highest BCUT2D eigenvalue weighted by Gasteiger charge is 2.17. The van der Waals surface area contributed by atoms with Gasteiger partial charge < -0.3 is 0 Å². The Kier molecular flexibility index (Phi) is 2.55. The first-order valence-corrected chi connectivity index (χ1v) is 5.57. The van der Waals surface area contributed by atoms with Crippen LogP contribution in [0.15, 0.2) is 17.3 Å². The van der Waals surface area contributed by atoms with E-state index in [1.807, 2.05) is 0 Å². The molecule has 68 valence electrons. The van der Waals surface area contributed by atoms with E-state index in [1.165, 1.54) is 6.20 Å². The van der Waals surface area contributed by atoms with Gasteiger partial charge in [-0.15, -0.1) is 0 Å². The SMILES string of the molecule is Cc1cncc(S(=O)(=O)Cl)c1C#N. The van der Waals surface area contributed by atoms with E-state index >= 15 is 0 Å². The summed E-state index contributed by atoms with van der Waals surface area (Å²) in [7, 11) is 1.21. The maximum absolute atomic E-state index is 10.9. The number of hydrogen-bond acceptors (Lipinski definition) is 4. The van der Waals surface area contributed by atoms with Gasteiger partial charge in [-0.2, -0.15) is 5.26 Å². The first-order chi connectivity index (χ1) is 5.96. The molecule has 0 aromatic carbocycles. The molecule has 0 bridgehead atoms. The first-order valence-electron chi connectivity index (χ1n) is 3.26. The lowest BCUT2D eigenvalue weighted by Gasteiger charge is -2.00. The van der Waals surface area contributed by atoms with Crippen molar-refractivity contribution in [3.05, 3.63) is 23.5 Å². The fourth-order valence-corrected chi connectivity index (χ4v) is 1.86. The molecule has 1 heterocycles. The third kappa shape index (κ3) is 1.97. The van der Waals surface area contributed by atoms with Crippen molar-refractivity contribution in [2.75, 3.05) is 0 Å². The summed E-state index contributed by atoms with van der Waals surface area (Å²) < 4.78 is 21.9. The molecule has 0 aliphatic carbocycles. The van der Waals surface area contributed by atoms with Gasteiger partial charge in [0, 0.05) is 23.1 Å². The average Bonchev–Trinajstić information content (AvgIpc) is 2.02. The number of pyridine rings is 1. The molecule has 0 saturated carbocycles. The minimum atomic E-state index is -3.88. The zero-order valence-corrected chi connectivity index (χ0v) is 8.22. The quantitative estimate of drug-likeness (QED) is 0.661. The Morgan fingerprint density at radius 3 is 2.54 bits per heavy atom. The van der Waals surface area contributed by atoms with Crippen molar-refractivity contribution in [2.45, 2.75) is 11.8 Å². The fourth-order valence-electron chi connectivity index (χ4n) is 0.868. The molecule has 1 rings (SSSR count). The Bertz CT molecular complexity index is 476. The van der Waals surface area contributed by atoms with Crippen LogP contribution in [0.2, 0.25) is 0 Å². The molecular weight excluding hydrogens is 212 g/mol. The first kappa shape index (κ1) is 9.96. The third-order valence-electron chi connectivity index (χ3n) is 1.48. The zero-order chi connectivity index (χ0) is 10.1. The topological polar surface area (TPSA) is 70.8 Å². The Morgan fingerprint density at radius 2 is 2.15 bits per heavy atom. The second-order valence-electron chi connectivity index (χ2n) is 2.38. The van der Waals surface area contributed by atoms with Gasteiger partial charge in [-0.25, -0.2) is 8.42 Å². The van der Waals surface area contributed by atoms with E-state index in [2.05, 4.69) is 4.98 Å². The van der Waals surface area contributed by atoms with Crippen molar-refractivity contribution in [3.63, 3.8) is 0 Å². The van der Waals surface area contributed by atoms with E-state index in [-0.39, 0.29) is 10.5 Å². The number of nitrogens with zero attached hydrogens (tertiary/aromatic N) is 2. The highest BCUT2D eigenvalue weighted by Crippen LogP contribution is 2.20. The molecule has 1 aromatic rings. The number of aryl methyl sites for hydroxylation is 1. The zero-order valence-electron chi connectivity index (χ0n) is 6.65. The molecule has 1 aromatic heterocycles. The largest absolute Gasteiger partial charge is 0.264 e. The van der Waals surface area contributed by atoms with Crippen LogP contribution in [0.1, 0.15) is 11.1 Å². The molecule has 0 atom stereocenters. The van der Waals surface area contributed by atoms with Gasteiger partial charge in [0.2, 0.25) is 0 Å². The smallest absolute Gasteiger partial charge is 0.263 e. The second-order valence-corrected chi connectivity index (χ2v) is 4.91. The fraction of sp³-hybridized carbons (Fsp3) is 0.143. The van der Waals surface area contributed by atoms with E-state index in [1.54, 1.807) is 13.0 Å². The van der Waals surface area contributed by atoms with E-state index in [4.69, 9.17) is 15.9 Å². The summed E-state index contributed by atoms with van der Waals surface area (Å²) in [5.74, 6) is 0. The maximum Gasteiger partial charge on any atom is 0.264 e. The van der Waals surface area contributed by atoms with E-state index in [0.29, 0.717) is 5.56 Å². The summed E-state index contributed by atoms with van der Waals surface area (Å²) in [5.41, 5.74) is 0.536. The van der Waals surface area contributed by atoms with Crippen LogP contribution in [0.4, 0.5) is 0 Å². The van der Waals surface area contributed by atoms with Crippen LogP contribution >= 0.6 is 10.7 Å². The lowest BCUT2D eigenvalue weighted by atomic mass is 10.2. The normalized spacial score (nSPS) is 10.8. The Morgan fingerprint density at radius 1 is 1.54 bits per heavy atom. The molecule has 0 unspecified atom stereocenters. The summed E-state index contributed by atoms with van der Waals surface area (Å²) in [4.78, 5) is 3.41.